The second-order valence-corrected chi connectivity index (χ2v) is 6.52. The molecule has 0 saturated heterocycles. The molecule has 8 nitrogen and oxygen atoms in total. The Morgan fingerprint density at radius 1 is 1.28 bits per heavy atom. The maximum atomic E-state index is 11.6. The Bertz CT molecular complexity index is 801. The summed E-state index contributed by atoms with van der Waals surface area (Å²) in [7, 11) is 3.40. The van der Waals surface area contributed by atoms with Crippen LogP contribution in [0.4, 0.5) is 0 Å². The zero-order chi connectivity index (χ0) is 20.5. The summed E-state index contributed by atoms with van der Waals surface area (Å²) < 4.78 is 11.1. The van der Waals surface area contributed by atoms with E-state index in [0.717, 1.165) is 23.6 Å². The number of nitrogens with one attached hydrogen (secondary N) is 2. The van der Waals surface area contributed by atoms with Crippen molar-refractivity contribution in [2.45, 2.75) is 33.9 Å². The van der Waals surface area contributed by atoms with Crippen LogP contribution >= 0.6 is 24.0 Å². The number of aryl methyl sites for hydroxylation is 2. The minimum atomic E-state index is -0.0842. The molecule has 0 saturated carbocycles. The first kappa shape index (κ1) is 24.7. The zero-order valence-electron chi connectivity index (χ0n) is 17.6. The van der Waals surface area contributed by atoms with Crippen molar-refractivity contribution in [3.05, 3.63) is 47.2 Å². The number of rotatable bonds is 8. The maximum absolute atomic E-state index is 11.6. The molecule has 0 aliphatic heterocycles. The zero-order valence-corrected chi connectivity index (χ0v) is 19.9. The highest BCUT2D eigenvalue weighted by atomic mass is 127. The number of carbonyl (C=O) groups is 1. The van der Waals surface area contributed by atoms with Crippen molar-refractivity contribution in [2.75, 3.05) is 27.2 Å². The summed E-state index contributed by atoms with van der Waals surface area (Å²) in [5.41, 5.74) is 1.87. The van der Waals surface area contributed by atoms with Gasteiger partial charge in [0.05, 0.1) is 18.8 Å². The molecule has 0 aliphatic rings. The van der Waals surface area contributed by atoms with Gasteiger partial charge in [0.1, 0.15) is 11.5 Å². The molecule has 160 valence electrons. The fourth-order valence-electron chi connectivity index (χ4n) is 2.29. The fourth-order valence-corrected chi connectivity index (χ4v) is 2.29. The predicted octanol–water partition coefficient (Wildman–Crippen LogP) is 2.63. The van der Waals surface area contributed by atoms with Crippen molar-refractivity contribution in [3.63, 3.8) is 0 Å². The van der Waals surface area contributed by atoms with Gasteiger partial charge in [0, 0.05) is 20.6 Å². The molecular formula is C20H30IN5O3. The average Bonchev–Trinajstić information content (AvgIpc) is 3.00. The highest BCUT2D eigenvalue weighted by Gasteiger charge is 2.07. The van der Waals surface area contributed by atoms with Crippen molar-refractivity contribution in [1.82, 2.24) is 20.5 Å². The van der Waals surface area contributed by atoms with Crippen molar-refractivity contribution in [3.8, 4) is 5.75 Å². The number of aliphatic imine (C=N–C) groups is 1. The molecule has 0 unspecified atom stereocenters. The van der Waals surface area contributed by atoms with Gasteiger partial charge in [-0.05, 0) is 38.5 Å². The molecule has 0 spiro atoms. The molecule has 1 amide bonds. The van der Waals surface area contributed by atoms with E-state index in [1.54, 1.807) is 14.1 Å². The molecule has 2 aromatic rings. The quantitative estimate of drug-likeness (QED) is 0.319. The maximum Gasteiger partial charge on any atom is 0.259 e. The van der Waals surface area contributed by atoms with Gasteiger partial charge in [0.15, 0.2) is 12.6 Å². The van der Waals surface area contributed by atoms with Crippen molar-refractivity contribution in [2.24, 2.45) is 4.99 Å². The molecular weight excluding hydrogens is 485 g/mol. The first-order valence-electron chi connectivity index (χ1n) is 9.26. The van der Waals surface area contributed by atoms with E-state index in [1.807, 2.05) is 45.0 Å². The summed E-state index contributed by atoms with van der Waals surface area (Å²) in [6.07, 6.45) is 0. The molecule has 1 aromatic carbocycles. The van der Waals surface area contributed by atoms with Crippen LogP contribution in [0, 0.1) is 13.8 Å². The lowest BCUT2D eigenvalue weighted by molar-refractivity contribution is -0.130. The Morgan fingerprint density at radius 2 is 2.03 bits per heavy atom. The average molecular weight is 515 g/mol. The molecule has 0 radical (unpaired) electrons. The van der Waals surface area contributed by atoms with Gasteiger partial charge >= 0.3 is 0 Å². The number of oxazole rings is 1. The number of nitrogens with zero attached hydrogens (tertiary/aromatic N) is 3. The second-order valence-electron chi connectivity index (χ2n) is 6.52. The Morgan fingerprint density at radius 3 is 2.66 bits per heavy atom. The van der Waals surface area contributed by atoms with Crippen LogP contribution in [0.5, 0.6) is 5.75 Å². The number of halogens is 1. The standard InChI is InChI=1S/C20H29N5O3.HI/c1-6-21-20(23-12-18-24-14(2)15(3)28-18)22-11-16-8-7-9-17(10-16)27-13-19(26)25(4)5;/h7-10H,6,11-13H2,1-5H3,(H2,21,22,23);1H. The van der Waals surface area contributed by atoms with E-state index in [9.17, 15) is 4.79 Å². The van der Waals surface area contributed by atoms with E-state index < -0.39 is 0 Å². The van der Waals surface area contributed by atoms with Gasteiger partial charge in [-0.3, -0.25) is 4.79 Å². The van der Waals surface area contributed by atoms with Crippen LogP contribution in [-0.2, 0) is 17.9 Å². The molecule has 0 fully saturated rings. The first-order chi connectivity index (χ1) is 13.4. The lowest BCUT2D eigenvalue weighted by Gasteiger charge is -2.12. The lowest BCUT2D eigenvalue weighted by Crippen LogP contribution is -2.36. The summed E-state index contributed by atoms with van der Waals surface area (Å²) in [5.74, 6) is 2.68. The predicted molar refractivity (Wildman–Crippen MR) is 124 cm³/mol. The van der Waals surface area contributed by atoms with Crippen LogP contribution in [-0.4, -0.2) is 49.0 Å². The summed E-state index contributed by atoms with van der Waals surface area (Å²) >= 11 is 0. The minimum Gasteiger partial charge on any atom is -0.484 e. The minimum absolute atomic E-state index is 0. The number of benzene rings is 1. The molecule has 29 heavy (non-hydrogen) atoms. The lowest BCUT2D eigenvalue weighted by atomic mass is 10.2. The van der Waals surface area contributed by atoms with E-state index in [-0.39, 0.29) is 36.5 Å². The Balaban J connectivity index is 0.00000420. The number of guanidine groups is 1. The molecule has 1 aromatic heterocycles. The molecule has 2 N–H and O–H groups in total. The van der Waals surface area contributed by atoms with Gasteiger partial charge in [-0.1, -0.05) is 12.1 Å². The Labute approximate surface area is 189 Å². The number of hydrogen-bond donors (Lipinski definition) is 2. The van der Waals surface area contributed by atoms with E-state index in [1.165, 1.54) is 4.90 Å². The van der Waals surface area contributed by atoms with Gasteiger partial charge in [-0.25, -0.2) is 9.98 Å². The summed E-state index contributed by atoms with van der Waals surface area (Å²) in [6, 6.07) is 7.57. The van der Waals surface area contributed by atoms with Gasteiger partial charge < -0.3 is 24.7 Å². The van der Waals surface area contributed by atoms with Gasteiger partial charge in [-0.15, -0.1) is 24.0 Å². The highest BCUT2D eigenvalue weighted by molar-refractivity contribution is 14.0. The van der Waals surface area contributed by atoms with Crippen LogP contribution in [0.25, 0.3) is 0 Å². The van der Waals surface area contributed by atoms with E-state index in [2.05, 4.69) is 20.6 Å². The molecule has 0 bridgehead atoms. The molecule has 9 heteroatoms. The fraction of sp³-hybridized carbons (Fsp3) is 0.450. The SMILES string of the molecule is CCNC(=NCc1cccc(OCC(=O)N(C)C)c1)NCc1nc(C)c(C)o1.I. The molecule has 0 atom stereocenters. The van der Waals surface area contributed by atoms with Crippen LogP contribution in [0.1, 0.15) is 29.8 Å². The second kappa shape index (κ2) is 12.3. The number of amides is 1. The van der Waals surface area contributed by atoms with Crippen molar-refractivity contribution in [1.29, 1.82) is 0 Å². The Kier molecular flexibility index (Phi) is 10.5. The normalized spacial score (nSPS) is 10.9. The van der Waals surface area contributed by atoms with Crippen LogP contribution in [0.2, 0.25) is 0 Å². The topological polar surface area (TPSA) is 92.0 Å². The monoisotopic (exact) mass is 515 g/mol. The number of ether oxygens (including phenoxy) is 1. The summed E-state index contributed by atoms with van der Waals surface area (Å²) in [6.45, 7) is 7.50. The summed E-state index contributed by atoms with van der Waals surface area (Å²) in [4.78, 5) is 22.1. The van der Waals surface area contributed by atoms with E-state index >= 15 is 0 Å². The van der Waals surface area contributed by atoms with Gasteiger partial charge in [0.2, 0.25) is 5.89 Å². The van der Waals surface area contributed by atoms with Gasteiger partial charge in [0.25, 0.3) is 5.91 Å². The van der Waals surface area contributed by atoms with E-state index in [4.69, 9.17) is 9.15 Å². The van der Waals surface area contributed by atoms with Crippen molar-refractivity contribution < 1.29 is 13.9 Å². The smallest absolute Gasteiger partial charge is 0.259 e. The van der Waals surface area contributed by atoms with Crippen LogP contribution in [0.15, 0.2) is 33.7 Å². The molecule has 1 heterocycles. The Hall–Kier alpha value is -2.30. The third kappa shape index (κ3) is 8.30. The van der Waals surface area contributed by atoms with Crippen LogP contribution < -0.4 is 15.4 Å². The third-order valence-electron chi connectivity index (χ3n) is 4.00. The van der Waals surface area contributed by atoms with Gasteiger partial charge in [-0.2, -0.15) is 0 Å². The number of hydrogen-bond acceptors (Lipinski definition) is 5. The first-order valence-corrected chi connectivity index (χ1v) is 9.26. The van der Waals surface area contributed by atoms with E-state index in [0.29, 0.717) is 30.7 Å². The summed E-state index contributed by atoms with van der Waals surface area (Å²) in [5, 5.41) is 6.42. The number of likely N-dealkylation sites (N-methyl/N-ethyl adjacent to an activating group) is 1. The molecule has 0 aliphatic carbocycles. The largest absolute Gasteiger partial charge is 0.484 e. The highest BCUT2D eigenvalue weighted by Crippen LogP contribution is 2.14. The van der Waals surface area contributed by atoms with Crippen molar-refractivity contribution >= 4 is 35.8 Å². The third-order valence-corrected chi connectivity index (χ3v) is 4.00. The number of carbonyl (C=O) groups excluding carboxylic acids is 1. The van der Waals surface area contributed by atoms with Crippen LogP contribution in [0.3, 0.4) is 0 Å². The number of aromatic nitrogens is 1. The molecule has 2 rings (SSSR count).